The van der Waals surface area contributed by atoms with Gasteiger partial charge in [-0.25, -0.2) is 13.6 Å². The molecular weight excluding hydrogens is 254 g/mol. The monoisotopic (exact) mass is 269 g/mol. The lowest BCUT2D eigenvalue weighted by Gasteiger charge is -2.06. The van der Waals surface area contributed by atoms with Crippen LogP contribution in [0.1, 0.15) is 12.8 Å². The van der Waals surface area contributed by atoms with Gasteiger partial charge in [-0.3, -0.25) is 4.79 Å². The molecule has 1 aliphatic carbocycles. The number of carbonyl (C=O) groups is 1. The highest BCUT2D eigenvalue weighted by atomic mass is 32.2. The zero-order chi connectivity index (χ0) is 13.2. The first-order chi connectivity index (χ1) is 8.45. The number of nitrogens with one attached hydrogen (secondary N) is 2. The first-order valence-corrected chi connectivity index (χ1v) is 7.16. The van der Waals surface area contributed by atoms with E-state index in [2.05, 4.69) is 10.6 Å². The highest BCUT2D eigenvalue weighted by Crippen LogP contribution is 2.18. The molecule has 0 saturated heterocycles. The van der Waals surface area contributed by atoms with Crippen LogP contribution in [0.15, 0.2) is 29.2 Å². The zero-order valence-corrected chi connectivity index (χ0v) is 10.5. The summed E-state index contributed by atoms with van der Waals surface area (Å²) in [7, 11) is -3.69. The van der Waals surface area contributed by atoms with Gasteiger partial charge < -0.3 is 10.6 Å². The molecule has 4 N–H and O–H groups in total. The van der Waals surface area contributed by atoms with Crippen LogP contribution in [0.3, 0.4) is 0 Å². The van der Waals surface area contributed by atoms with Gasteiger partial charge in [-0.05, 0) is 37.1 Å². The summed E-state index contributed by atoms with van der Waals surface area (Å²) < 4.78 is 22.1. The Balaban J connectivity index is 1.90. The maximum atomic E-state index is 11.5. The molecule has 0 aliphatic heterocycles. The molecule has 0 radical (unpaired) electrons. The van der Waals surface area contributed by atoms with Crippen LogP contribution < -0.4 is 15.8 Å². The Morgan fingerprint density at radius 3 is 2.39 bits per heavy atom. The quantitative estimate of drug-likeness (QED) is 0.701. The van der Waals surface area contributed by atoms with Crippen molar-refractivity contribution in [2.75, 3.05) is 11.9 Å². The Hall–Kier alpha value is -1.44. The molecule has 6 nitrogen and oxygen atoms in total. The summed E-state index contributed by atoms with van der Waals surface area (Å²) in [5.74, 6) is -0.148. The van der Waals surface area contributed by atoms with E-state index in [0.717, 1.165) is 12.8 Å². The lowest BCUT2D eigenvalue weighted by atomic mass is 10.3. The van der Waals surface area contributed by atoms with Gasteiger partial charge in [0.2, 0.25) is 15.9 Å². The average molecular weight is 269 g/mol. The van der Waals surface area contributed by atoms with Gasteiger partial charge in [0.15, 0.2) is 0 Å². The van der Waals surface area contributed by atoms with Crippen LogP contribution in [-0.4, -0.2) is 26.9 Å². The number of hydrogen-bond acceptors (Lipinski definition) is 4. The van der Waals surface area contributed by atoms with E-state index in [1.165, 1.54) is 24.3 Å². The number of anilines is 1. The lowest BCUT2D eigenvalue weighted by molar-refractivity contribution is -0.115. The molecule has 2 rings (SSSR count). The van der Waals surface area contributed by atoms with Crippen LogP contribution in [0.4, 0.5) is 5.69 Å². The minimum atomic E-state index is -3.69. The van der Waals surface area contributed by atoms with Crippen molar-refractivity contribution < 1.29 is 13.2 Å². The summed E-state index contributed by atoms with van der Waals surface area (Å²) in [6.07, 6.45) is 2.24. The number of hydrogen-bond donors (Lipinski definition) is 3. The Labute approximate surface area is 106 Å². The van der Waals surface area contributed by atoms with Crippen molar-refractivity contribution in [2.45, 2.75) is 23.8 Å². The first-order valence-electron chi connectivity index (χ1n) is 5.61. The number of carbonyl (C=O) groups excluding carboxylic acids is 1. The van der Waals surface area contributed by atoms with Gasteiger partial charge in [-0.15, -0.1) is 0 Å². The lowest BCUT2D eigenvalue weighted by Crippen LogP contribution is -2.29. The van der Waals surface area contributed by atoms with Crippen LogP contribution in [0.25, 0.3) is 0 Å². The highest BCUT2D eigenvalue weighted by molar-refractivity contribution is 7.89. The molecular formula is C11H15N3O3S. The Morgan fingerprint density at radius 2 is 1.89 bits per heavy atom. The van der Waals surface area contributed by atoms with Crippen LogP contribution in [0.2, 0.25) is 0 Å². The van der Waals surface area contributed by atoms with E-state index >= 15 is 0 Å². The number of rotatable bonds is 5. The zero-order valence-electron chi connectivity index (χ0n) is 9.72. The van der Waals surface area contributed by atoms with Crippen molar-refractivity contribution in [3.05, 3.63) is 24.3 Å². The Morgan fingerprint density at radius 1 is 1.28 bits per heavy atom. The molecule has 0 aromatic heterocycles. The molecule has 1 fully saturated rings. The molecule has 1 aromatic rings. The van der Waals surface area contributed by atoms with Crippen molar-refractivity contribution >= 4 is 21.6 Å². The standard InChI is InChI=1S/C11H15N3O3S/c12-18(16,17)10-5-3-9(4-6-10)14-11(15)7-13-8-1-2-8/h3-6,8,13H,1-2,7H2,(H,14,15)(H2,12,16,17). The third kappa shape index (κ3) is 3.80. The minimum Gasteiger partial charge on any atom is -0.325 e. The van der Waals surface area contributed by atoms with Crippen molar-refractivity contribution in [2.24, 2.45) is 5.14 Å². The summed E-state index contributed by atoms with van der Waals surface area (Å²) >= 11 is 0. The van der Waals surface area contributed by atoms with E-state index < -0.39 is 10.0 Å². The molecule has 1 amide bonds. The molecule has 1 aliphatic rings. The second-order valence-electron chi connectivity index (χ2n) is 4.27. The third-order valence-electron chi connectivity index (χ3n) is 2.60. The maximum Gasteiger partial charge on any atom is 0.238 e. The molecule has 0 spiro atoms. The molecule has 0 atom stereocenters. The van der Waals surface area contributed by atoms with Gasteiger partial charge in [-0.2, -0.15) is 0 Å². The van der Waals surface area contributed by atoms with Gasteiger partial charge in [0.05, 0.1) is 11.4 Å². The number of primary sulfonamides is 1. The van der Waals surface area contributed by atoms with Crippen LogP contribution in [0, 0.1) is 0 Å². The molecule has 0 heterocycles. The predicted octanol–water partition coefficient (Wildman–Crippen LogP) is 0.0245. The van der Waals surface area contributed by atoms with E-state index in [0.29, 0.717) is 11.7 Å². The van der Waals surface area contributed by atoms with Crippen LogP contribution in [-0.2, 0) is 14.8 Å². The Kier molecular flexibility index (Phi) is 3.65. The molecule has 98 valence electrons. The molecule has 7 heteroatoms. The Bertz CT molecular complexity index is 535. The van der Waals surface area contributed by atoms with Crippen molar-refractivity contribution in [1.29, 1.82) is 0 Å². The molecule has 1 saturated carbocycles. The fraction of sp³-hybridized carbons (Fsp3) is 0.364. The summed E-state index contributed by atoms with van der Waals surface area (Å²) in [6, 6.07) is 6.21. The van der Waals surface area contributed by atoms with Gasteiger partial charge in [-0.1, -0.05) is 0 Å². The molecule has 18 heavy (non-hydrogen) atoms. The normalized spacial score (nSPS) is 15.4. The van der Waals surface area contributed by atoms with Crippen molar-refractivity contribution in [3.63, 3.8) is 0 Å². The number of sulfonamides is 1. The fourth-order valence-electron chi connectivity index (χ4n) is 1.46. The largest absolute Gasteiger partial charge is 0.325 e. The van der Waals surface area contributed by atoms with E-state index in [1.807, 2.05) is 0 Å². The third-order valence-corrected chi connectivity index (χ3v) is 3.52. The number of nitrogens with two attached hydrogens (primary N) is 1. The maximum absolute atomic E-state index is 11.5. The SMILES string of the molecule is NS(=O)(=O)c1ccc(NC(=O)CNC2CC2)cc1. The molecule has 0 unspecified atom stereocenters. The van der Waals surface area contributed by atoms with Gasteiger partial charge in [0, 0.05) is 11.7 Å². The van der Waals surface area contributed by atoms with E-state index in [9.17, 15) is 13.2 Å². The second kappa shape index (κ2) is 5.05. The van der Waals surface area contributed by atoms with E-state index in [1.54, 1.807) is 0 Å². The summed E-state index contributed by atoms with van der Waals surface area (Å²) in [5, 5.41) is 10.7. The van der Waals surface area contributed by atoms with Crippen molar-refractivity contribution in [3.8, 4) is 0 Å². The smallest absolute Gasteiger partial charge is 0.238 e. The van der Waals surface area contributed by atoms with Crippen molar-refractivity contribution in [1.82, 2.24) is 5.32 Å². The fourth-order valence-corrected chi connectivity index (χ4v) is 1.97. The topological polar surface area (TPSA) is 101 Å². The predicted molar refractivity (Wildman–Crippen MR) is 67.5 cm³/mol. The van der Waals surface area contributed by atoms with E-state index in [4.69, 9.17) is 5.14 Å². The molecule has 0 bridgehead atoms. The number of benzene rings is 1. The van der Waals surface area contributed by atoms with E-state index in [-0.39, 0.29) is 17.3 Å². The van der Waals surface area contributed by atoms with Crippen LogP contribution in [0.5, 0.6) is 0 Å². The number of amides is 1. The second-order valence-corrected chi connectivity index (χ2v) is 5.83. The summed E-state index contributed by atoms with van der Waals surface area (Å²) in [5.41, 5.74) is 0.546. The van der Waals surface area contributed by atoms with Gasteiger partial charge in [0.25, 0.3) is 0 Å². The first kappa shape index (κ1) is 13.0. The average Bonchev–Trinajstić information content (AvgIpc) is 3.09. The minimum absolute atomic E-state index is 0.0246. The highest BCUT2D eigenvalue weighted by Gasteiger charge is 2.21. The summed E-state index contributed by atoms with van der Waals surface area (Å²) in [6.45, 7) is 0.265. The van der Waals surface area contributed by atoms with Gasteiger partial charge >= 0.3 is 0 Å². The van der Waals surface area contributed by atoms with Crippen LogP contribution >= 0.6 is 0 Å². The summed E-state index contributed by atoms with van der Waals surface area (Å²) in [4.78, 5) is 11.5. The van der Waals surface area contributed by atoms with Gasteiger partial charge in [0.1, 0.15) is 0 Å². The molecule has 1 aromatic carbocycles.